The van der Waals surface area contributed by atoms with Gasteiger partial charge in [-0.1, -0.05) is 76.5 Å². The van der Waals surface area contributed by atoms with E-state index >= 15 is 0 Å². The second kappa shape index (κ2) is 12.0. The average Bonchev–Trinajstić information content (AvgIpc) is 2.69. The van der Waals surface area contributed by atoms with Gasteiger partial charge in [0.1, 0.15) is 0 Å². The summed E-state index contributed by atoms with van der Waals surface area (Å²) in [5.41, 5.74) is -3.25. The number of benzene rings is 2. The largest absolute Gasteiger partial charge is 0.356 e. The number of carbonyl (C=O) groups excluding carboxylic acids is 2. The molecule has 0 saturated heterocycles. The fourth-order valence-electron chi connectivity index (χ4n) is 2.16. The van der Waals surface area contributed by atoms with Gasteiger partial charge < -0.3 is 0 Å². The minimum absolute atomic E-state index is 0.248. The maximum Gasteiger partial charge on any atom is 0.356 e. The van der Waals surface area contributed by atoms with E-state index in [2.05, 4.69) is 0 Å². The first-order valence-electron chi connectivity index (χ1n) is 9.91. The van der Waals surface area contributed by atoms with E-state index in [1.54, 1.807) is 45.0 Å². The van der Waals surface area contributed by atoms with E-state index in [0.717, 1.165) is 11.8 Å². The van der Waals surface area contributed by atoms with E-state index in [9.17, 15) is 22.8 Å². The number of hydrogen-bond donors (Lipinski definition) is 0. The maximum absolute atomic E-state index is 13.7. The zero-order chi connectivity index (χ0) is 25.6. The van der Waals surface area contributed by atoms with Gasteiger partial charge in [0.15, 0.2) is 5.78 Å². The number of Topliss-reactive ketones (excluding diaryl/α,β-unsaturated/α-hetero) is 2. The predicted molar refractivity (Wildman–Crippen MR) is 133 cm³/mol. The minimum Gasteiger partial charge on any atom is -0.295 e. The number of alkyl halides is 3. The standard InChI is InChI=1S/C12H13ClF2OS.C12H14ClFOS/c1-11(2,3)10(16)12(14,15)17-9-6-4-8(13)5-7-9;1-12(2,3)10(15)11(14)16-9-6-4-8(13)5-7-9/h4-7H,1-3H3;4-7,11H,1-3H3. The van der Waals surface area contributed by atoms with E-state index in [4.69, 9.17) is 23.2 Å². The van der Waals surface area contributed by atoms with Crippen LogP contribution in [0, 0.1) is 10.8 Å². The van der Waals surface area contributed by atoms with Gasteiger partial charge in [-0.05, 0) is 60.3 Å². The second-order valence-corrected chi connectivity index (χ2v) is 12.3. The summed E-state index contributed by atoms with van der Waals surface area (Å²) in [5, 5.41) is -2.35. The third-order valence-electron chi connectivity index (χ3n) is 4.00. The van der Waals surface area contributed by atoms with Gasteiger partial charge in [0.25, 0.3) is 0 Å². The third kappa shape index (κ3) is 10.3. The van der Waals surface area contributed by atoms with Crippen molar-refractivity contribution in [2.24, 2.45) is 10.8 Å². The van der Waals surface area contributed by atoms with Crippen LogP contribution in [0.5, 0.6) is 0 Å². The van der Waals surface area contributed by atoms with Crippen LogP contribution in [0.4, 0.5) is 13.2 Å². The highest BCUT2D eigenvalue weighted by molar-refractivity contribution is 8.01. The summed E-state index contributed by atoms with van der Waals surface area (Å²) in [6.07, 6.45) is 0. The minimum atomic E-state index is -3.42. The van der Waals surface area contributed by atoms with E-state index < -0.39 is 33.2 Å². The monoisotopic (exact) mass is 538 g/mol. The van der Waals surface area contributed by atoms with Crippen LogP contribution in [0.2, 0.25) is 10.0 Å². The molecule has 0 heterocycles. The highest BCUT2D eigenvalue weighted by atomic mass is 35.5. The Morgan fingerprint density at radius 1 is 0.758 bits per heavy atom. The molecule has 0 saturated carbocycles. The molecule has 0 N–H and O–H groups in total. The molecule has 0 bridgehead atoms. The molecule has 33 heavy (non-hydrogen) atoms. The third-order valence-corrected chi connectivity index (χ3v) is 6.42. The average molecular weight is 540 g/mol. The summed E-state index contributed by atoms with van der Waals surface area (Å²) in [7, 11) is 0. The first-order chi connectivity index (χ1) is 14.9. The molecule has 9 heteroatoms. The fraction of sp³-hybridized carbons (Fsp3) is 0.417. The number of hydrogen-bond acceptors (Lipinski definition) is 4. The molecule has 1 atom stereocenters. The number of carbonyl (C=O) groups is 2. The van der Waals surface area contributed by atoms with Crippen LogP contribution in [0.15, 0.2) is 58.3 Å². The van der Waals surface area contributed by atoms with Crippen molar-refractivity contribution >= 4 is 58.3 Å². The van der Waals surface area contributed by atoms with Gasteiger partial charge in [-0.3, -0.25) is 9.59 Å². The molecular formula is C24H27Cl2F3O2S2. The first kappa shape index (κ1) is 29.9. The molecule has 2 nitrogen and oxygen atoms in total. The van der Waals surface area contributed by atoms with Crippen molar-refractivity contribution in [3.8, 4) is 0 Å². The molecular weight excluding hydrogens is 512 g/mol. The molecule has 0 spiro atoms. The van der Waals surface area contributed by atoms with Crippen molar-refractivity contribution in [3.05, 3.63) is 58.6 Å². The lowest BCUT2D eigenvalue weighted by Crippen LogP contribution is -2.35. The van der Waals surface area contributed by atoms with Gasteiger partial charge in [-0.25, -0.2) is 4.39 Å². The highest BCUT2D eigenvalue weighted by Gasteiger charge is 2.45. The lowest BCUT2D eigenvalue weighted by atomic mass is 9.91. The van der Waals surface area contributed by atoms with Crippen LogP contribution >= 0.6 is 46.7 Å². The fourth-order valence-corrected chi connectivity index (χ4v) is 4.37. The summed E-state index contributed by atoms with van der Waals surface area (Å²) in [4.78, 5) is 24.2. The SMILES string of the molecule is CC(C)(C)C(=O)C(F)(F)Sc1ccc(Cl)cc1.CC(C)(C)C(=O)C(F)Sc1ccc(Cl)cc1. The smallest absolute Gasteiger partial charge is 0.295 e. The lowest BCUT2D eigenvalue weighted by Gasteiger charge is -2.23. The molecule has 1 unspecified atom stereocenters. The van der Waals surface area contributed by atoms with Crippen molar-refractivity contribution < 1.29 is 22.8 Å². The maximum atomic E-state index is 13.7. The normalized spacial score (nSPS) is 13.1. The summed E-state index contributed by atoms with van der Waals surface area (Å²) >= 11 is 12.5. The van der Waals surface area contributed by atoms with Gasteiger partial charge in [0.2, 0.25) is 11.3 Å². The van der Waals surface area contributed by atoms with Crippen molar-refractivity contribution in [2.75, 3.05) is 0 Å². The van der Waals surface area contributed by atoms with Crippen molar-refractivity contribution in [1.29, 1.82) is 0 Å². The topological polar surface area (TPSA) is 34.1 Å². The Kier molecular flexibility index (Phi) is 10.9. The molecule has 2 aromatic carbocycles. The van der Waals surface area contributed by atoms with E-state index in [0.29, 0.717) is 19.8 Å². The molecule has 0 aliphatic carbocycles. The number of thioether (sulfide) groups is 2. The Labute approximate surface area is 212 Å². The van der Waals surface area contributed by atoms with Crippen LogP contribution < -0.4 is 0 Å². The second-order valence-electron chi connectivity index (χ2n) is 9.15. The van der Waals surface area contributed by atoms with Gasteiger partial charge in [0.05, 0.1) is 0 Å². The van der Waals surface area contributed by atoms with Crippen LogP contribution in [-0.2, 0) is 9.59 Å². The van der Waals surface area contributed by atoms with Crippen molar-refractivity contribution in [1.82, 2.24) is 0 Å². The molecule has 0 radical (unpaired) electrons. The van der Waals surface area contributed by atoms with Gasteiger partial charge >= 0.3 is 5.25 Å². The van der Waals surface area contributed by atoms with Crippen LogP contribution in [0.3, 0.4) is 0 Å². The zero-order valence-corrected chi connectivity index (χ0v) is 22.4. The highest BCUT2D eigenvalue weighted by Crippen LogP contribution is 2.41. The molecule has 2 rings (SSSR count). The Bertz CT molecular complexity index is 936. The zero-order valence-electron chi connectivity index (χ0n) is 19.2. The van der Waals surface area contributed by atoms with E-state index in [1.807, 2.05) is 0 Å². The van der Waals surface area contributed by atoms with Crippen LogP contribution in [0.1, 0.15) is 41.5 Å². The van der Waals surface area contributed by atoms with E-state index in [-0.39, 0.29) is 11.8 Å². The van der Waals surface area contributed by atoms with Crippen LogP contribution in [0.25, 0.3) is 0 Å². The van der Waals surface area contributed by atoms with Gasteiger partial charge in [-0.15, -0.1) is 0 Å². The lowest BCUT2D eigenvalue weighted by molar-refractivity contribution is -0.140. The number of halogens is 5. The molecule has 0 aromatic heterocycles. The Morgan fingerprint density at radius 3 is 1.52 bits per heavy atom. The molecule has 0 amide bonds. The summed E-state index contributed by atoms with van der Waals surface area (Å²) < 4.78 is 41.0. The van der Waals surface area contributed by atoms with Crippen molar-refractivity contribution in [3.63, 3.8) is 0 Å². The summed E-state index contributed by atoms with van der Waals surface area (Å²) in [6.45, 7) is 9.57. The summed E-state index contributed by atoms with van der Waals surface area (Å²) in [5.74, 6) is -1.47. The molecule has 0 aliphatic heterocycles. The summed E-state index contributed by atoms with van der Waals surface area (Å²) in [6, 6.07) is 12.7. The van der Waals surface area contributed by atoms with Gasteiger partial charge in [0, 0.05) is 30.7 Å². The Balaban J connectivity index is 0.000000331. The van der Waals surface area contributed by atoms with Crippen LogP contribution in [-0.4, -0.2) is 22.3 Å². The molecule has 182 valence electrons. The Morgan fingerprint density at radius 2 is 1.15 bits per heavy atom. The molecule has 0 fully saturated rings. The first-order valence-corrected chi connectivity index (χ1v) is 12.4. The van der Waals surface area contributed by atoms with Crippen molar-refractivity contribution in [2.45, 2.75) is 62.1 Å². The molecule has 2 aromatic rings. The van der Waals surface area contributed by atoms with E-state index in [1.165, 1.54) is 45.0 Å². The quantitative estimate of drug-likeness (QED) is 0.343. The molecule has 0 aliphatic rings. The number of ketones is 2. The number of rotatable bonds is 6. The van der Waals surface area contributed by atoms with Gasteiger partial charge in [-0.2, -0.15) is 8.78 Å². The predicted octanol–water partition coefficient (Wildman–Crippen LogP) is 8.98. The Hall–Kier alpha value is -1.15.